The van der Waals surface area contributed by atoms with Gasteiger partial charge in [-0.2, -0.15) is 5.10 Å². The highest BCUT2D eigenvalue weighted by atomic mass is 16.5. The van der Waals surface area contributed by atoms with Gasteiger partial charge in [-0.1, -0.05) is 12.8 Å². The number of methoxy groups -OCH3 is 1. The van der Waals surface area contributed by atoms with Gasteiger partial charge < -0.3 is 9.64 Å². The number of amides is 1. The van der Waals surface area contributed by atoms with Gasteiger partial charge in [-0.3, -0.25) is 14.7 Å². The Hall–Kier alpha value is -1.85. The average molecular weight is 265 g/mol. The van der Waals surface area contributed by atoms with E-state index < -0.39 is 0 Å². The van der Waals surface area contributed by atoms with E-state index in [1.165, 1.54) is 13.3 Å². The van der Waals surface area contributed by atoms with E-state index in [1.807, 2.05) is 0 Å². The van der Waals surface area contributed by atoms with E-state index in [0.29, 0.717) is 5.56 Å². The summed E-state index contributed by atoms with van der Waals surface area (Å²) in [5.74, 6) is -0.537. The zero-order valence-corrected chi connectivity index (χ0v) is 11.3. The molecule has 1 aromatic heterocycles. The van der Waals surface area contributed by atoms with Crippen molar-refractivity contribution in [2.45, 2.75) is 38.6 Å². The Morgan fingerprint density at radius 1 is 1.47 bits per heavy atom. The number of ether oxygens (including phenoxy) is 1. The molecule has 104 valence electrons. The molecule has 0 saturated heterocycles. The van der Waals surface area contributed by atoms with Crippen LogP contribution in [0.3, 0.4) is 0 Å². The number of carbonyl (C=O) groups excluding carboxylic acids is 2. The number of aromatic amines is 1. The predicted octanol–water partition coefficient (Wildman–Crippen LogP) is 1.28. The van der Waals surface area contributed by atoms with Crippen molar-refractivity contribution in [1.82, 2.24) is 15.1 Å². The highest BCUT2D eigenvalue weighted by Gasteiger charge is 2.30. The molecule has 1 amide bonds. The van der Waals surface area contributed by atoms with Crippen LogP contribution in [0.25, 0.3) is 0 Å². The first-order chi connectivity index (χ1) is 9.13. The minimum Gasteiger partial charge on any atom is -0.468 e. The molecule has 1 aliphatic carbocycles. The van der Waals surface area contributed by atoms with Crippen LogP contribution in [0, 0.1) is 6.92 Å². The number of aryl methyl sites for hydroxylation is 1. The Balaban J connectivity index is 2.18. The van der Waals surface area contributed by atoms with Gasteiger partial charge in [-0.25, -0.2) is 0 Å². The van der Waals surface area contributed by atoms with Crippen LogP contribution in [-0.4, -0.2) is 46.7 Å². The lowest BCUT2D eigenvalue weighted by Crippen LogP contribution is -2.42. The highest BCUT2D eigenvalue weighted by molar-refractivity contribution is 5.96. The number of nitrogens with one attached hydrogen (secondary N) is 1. The van der Waals surface area contributed by atoms with Crippen LogP contribution in [0.1, 0.15) is 41.7 Å². The summed E-state index contributed by atoms with van der Waals surface area (Å²) in [4.78, 5) is 25.6. The fourth-order valence-electron chi connectivity index (χ4n) is 2.51. The van der Waals surface area contributed by atoms with Gasteiger partial charge in [0, 0.05) is 11.7 Å². The molecule has 1 aliphatic rings. The third-order valence-electron chi connectivity index (χ3n) is 3.61. The van der Waals surface area contributed by atoms with Gasteiger partial charge >= 0.3 is 5.97 Å². The summed E-state index contributed by atoms with van der Waals surface area (Å²) in [7, 11) is 1.34. The Morgan fingerprint density at radius 3 is 2.68 bits per heavy atom. The van der Waals surface area contributed by atoms with E-state index in [0.717, 1.165) is 31.4 Å². The third-order valence-corrected chi connectivity index (χ3v) is 3.61. The Kier molecular flexibility index (Phi) is 4.19. The molecule has 2 rings (SSSR count). The number of H-pyrrole nitrogens is 1. The normalized spacial score (nSPS) is 15.5. The van der Waals surface area contributed by atoms with Gasteiger partial charge in [0.2, 0.25) is 0 Å². The molecular formula is C13H19N3O3. The van der Waals surface area contributed by atoms with Crippen LogP contribution in [-0.2, 0) is 9.53 Å². The van der Waals surface area contributed by atoms with Crippen LogP contribution in [0.2, 0.25) is 0 Å². The Morgan fingerprint density at radius 2 is 2.16 bits per heavy atom. The number of esters is 1. The molecule has 1 fully saturated rings. The zero-order valence-electron chi connectivity index (χ0n) is 11.3. The standard InChI is InChI=1S/C13H19N3O3/c1-9-11(7-14-15-9)13(18)16(8-12(17)19-2)10-5-3-4-6-10/h7,10H,3-6,8H2,1-2H3,(H,14,15). The predicted molar refractivity (Wildman–Crippen MR) is 68.6 cm³/mol. The summed E-state index contributed by atoms with van der Waals surface area (Å²) in [6.07, 6.45) is 5.59. The van der Waals surface area contributed by atoms with Gasteiger partial charge in [0.05, 0.1) is 18.9 Å². The van der Waals surface area contributed by atoms with Crippen molar-refractivity contribution < 1.29 is 14.3 Å². The van der Waals surface area contributed by atoms with Crippen molar-refractivity contribution in [2.75, 3.05) is 13.7 Å². The summed E-state index contributed by atoms with van der Waals surface area (Å²) in [6.45, 7) is 1.80. The Labute approximate surface area is 112 Å². The largest absolute Gasteiger partial charge is 0.468 e. The summed E-state index contributed by atoms with van der Waals surface area (Å²) in [6, 6.07) is 0.126. The molecule has 0 atom stereocenters. The number of carbonyl (C=O) groups is 2. The summed E-state index contributed by atoms with van der Waals surface area (Å²) in [5.41, 5.74) is 1.24. The van der Waals surface area contributed by atoms with Crippen molar-refractivity contribution in [3.8, 4) is 0 Å². The minimum absolute atomic E-state index is 0.00458. The van der Waals surface area contributed by atoms with Crippen LogP contribution in [0.5, 0.6) is 0 Å². The zero-order chi connectivity index (χ0) is 13.8. The van der Waals surface area contributed by atoms with Crippen molar-refractivity contribution in [1.29, 1.82) is 0 Å². The molecule has 1 heterocycles. The SMILES string of the molecule is COC(=O)CN(C(=O)c1cn[nH]c1C)C1CCCC1. The van der Waals surface area contributed by atoms with Gasteiger partial charge in [-0.15, -0.1) is 0 Å². The maximum atomic E-state index is 12.5. The van der Waals surface area contributed by atoms with Gasteiger partial charge in [0.15, 0.2) is 0 Å². The summed E-state index contributed by atoms with van der Waals surface area (Å²) >= 11 is 0. The molecule has 0 unspecified atom stereocenters. The maximum absolute atomic E-state index is 12.5. The lowest BCUT2D eigenvalue weighted by atomic mass is 10.1. The third kappa shape index (κ3) is 2.94. The molecule has 6 heteroatoms. The molecule has 1 saturated carbocycles. The molecule has 0 aromatic carbocycles. The molecule has 0 bridgehead atoms. The first-order valence-electron chi connectivity index (χ1n) is 6.51. The summed E-state index contributed by atoms with van der Waals surface area (Å²) in [5, 5.41) is 6.61. The minimum atomic E-state index is -0.388. The Bertz CT molecular complexity index is 463. The molecule has 1 N–H and O–H groups in total. The molecular weight excluding hydrogens is 246 g/mol. The van der Waals surface area contributed by atoms with Gasteiger partial charge in [-0.05, 0) is 19.8 Å². The monoisotopic (exact) mass is 265 g/mol. The second kappa shape index (κ2) is 5.86. The highest BCUT2D eigenvalue weighted by Crippen LogP contribution is 2.25. The fraction of sp³-hybridized carbons (Fsp3) is 0.615. The van der Waals surface area contributed by atoms with Crippen LogP contribution in [0.15, 0.2) is 6.20 Å². The van der Waals surface area contributed by atoms with Crippen molar-refractivity contribution in [3.63, 3.8) is 0 Å². The van der Waals surface area contributed by atoms with Crippen molar-refractivity contribution in [3.05, 3.63) is 17.5 Å². The van der Waals surface area contributed by atoms with E-state index in [2.05, 4.69) is 14.9 Å². The number of aromatic nitrogens is 2. The number of hydrogen-bond donors (Lipinski definition) is 1. The van der Waals surface area contributed by atoms with E-state index in [4.69, 9.17) is 0 Å². The topological polar surface area (TPSA) is 75.3 Å². The second-order valence-electron chi connectivity index (χ2n) is 4.86. The van der Waals surface area contributed by atoms with Crippen LogP contribution >= 0.6 is 0 Å². The van der Waals surface area contributed by atoms with E-state index in [9.17, 15) is 9.59 Å². The van der Waals surface area contributed by atoms with Crippen LogP contribution in [0.4, 0.5) is 0 Å². The molecule has 6 nitrogen and oxygen atoms in total. The molecule has 19 heavy (non-hydrogen) atoms. The summed E-state index contributed by atoms with van der Waals surface area (Å²) < 4.78 is 4.68. The van der Waals surface area contributed by atoms with Crippen LogP contribution < -0.4 is 0 Å². The lowest BCUT2D eigenvalue weighted by Gasteiger charge is -2.27. The van der Waals surface area contributed by atoms with E-state index in [-0.39, 0.29) is 24.5 Å². The molecule has 0 spiro atoms. The molecule has 1 aromatic rings. The lowest BCUT2D eigenvalue weighted by molar-refractivity contribution is -0.141. The van der Waals surface area contributed by atoms with E-state index >= 15 is 0 Å². The smallest absolute Gasteiger partial charge is 0.325 e. The average Bonchev–Trinajstić information content (AvgIpc) is 3.05. The first kappa shape index (κ1) is 13.6. The number of nitrogens with zero attached hydrogens (tertiary/aromatic N) is 2. The van der Waals surface area contributed by atoms with Gasteiger partial charge in [0.1, 0.15) is 6.54 Å². The second-order valence-corrected chi connectivity index (χ2v) is 4.86. The number of hydrogen-bond acceptors (Lipinski definition) is 4. The molecule has 0 radical (unpaired) electrons. The number of rotatable bonds is 4. The fourth-order valence-corrected chi connectivity index (χ4v) is 2.51. The first-order valence-corrected chi connectivity index (χ1v) is 6.51. The molecule has 0 aliphatic heterocycles. The van der Waals surface area contributed by atoms with E-state index in [1.54, 1.807) is 11.8 Å². The van der Waals surface area contributed by atoms with Crippen molar-refractivity contribution >= 4 is 11.9 Å². The maximum Gasteiger partial charge on any atom is 0.325 e. The van der Waals surface area contributed by atoms with Crippen molar-refractivity contribution in [2.24, 2.45) is 0 Å². The quantitative estimate of drug-likeness (QED) is 0.832. The van der Waals surface area contributed by atoms with Gasteiger partial charge in [0.25, 0.3) is 5.91 Å².